The molecule has 0 radical (unpaired) electrons. The lowest BCUT2D eigenvalue weighted by Crippen LogP contribution is -1.97. The molecule has 1 N–H and O–H groups in total. The zero-order valence-electron chi connectivity index (χ0n) is 7.48. The van der Waals surface area contributed by atoms with Crippen molar-refractivity contribution in [2.45, 2.75) is 0 Å². The summed E-state index contributed by atoms with van der Waals surface area (Å²) in [6, 6.07) is 4.85. The Morgan fingerprint density at radius 3 is 2.87 bits per heavy atom. The maximum atomic E-state index is 10.8. The molecule has 15 heavy (non-hydrogen) atoms. The summed E-state index contributed by atoms with van der Waals surface area (Å²) in [5.74, 6) is -1.03. The van der Waals surface area contributed by atoms with Gasteiger partial charge in [-0.15, -0.1) is 11.3 Å². The Kier molecular flexibility index (Phi) is 2.70. The molecule has 1 heterocycles. The largest absolute Gasteiger partial charge is 0.478 e. The molecule has 0 saturated heterocycles. The van der Waals surface area contributed by atoms with Gasteiger partial charge in [0.15, 0.2) is 0 Å². The number of aromatic nitrogens is 1. The minimum absolute atomic E-state index is 0.0992. The Bertz CT molecular complexity index is 496. The summed E-state index contributed by atoms with van der Waals surface area (Å²) in [5, 5.41) is 11.0. The van der Waals surface area contributed by atoms with Gasteiger partial charge in [0.2, 0.25) is 0 Å². The van der Waals surface area contributed by atoms with Gasteiger partial charge in [-0.1, -0.05) is 17.7 Å². The fourth-order valence-corrected chi connectivity index (χ4v) is 1.96. The standard InChI is InChI=1S/C10H6ClNO2S/c11-8-2-1-6(3-7(8)10(13)14)9-4-15-5-12-9/h1-5H,(H,13,14). The number of thiazole rings is 1. The third-order valence-corrected chi connectivity index (χ3v) is 2.84. The number of nitrogens with zero attached hydrogens (tertiary/aromatic N) is 1. The van der Waals surface area contributed by atoms with Crippen LogP contribution in [0.3, 0.4) is 0 Å². The quantitative estimate of drug-likeness (QED) is 0.876. The van der Waals surface area contributed by atoms with Crippen LogP contribution in [0.5, 0.6) is 0 Å². The van der Waals surface area contributed by atoms with Gasteiger partial charge in [0.25, 0.3) is 0 Å². The number of aromatic carboxylic acids is 1. The van der Waals surface area contributed by atoms with Crippen LogP contribution < -0.4 is 0 Å². The minimum atomic E-state index is -1.03. The molecule has 0 aliphatic carbocycles. The van der Waals surface area contributed by atoms with Crippen molar-refractivity contribution in [3.63, 3.8) is 0 Å². The number of hydrogen-bond donors (Lipinski definition) is 1. The van der Waals surface area contributed by atoms with E-state index < -0.39 is 5.97 Å². The van der Waals surface area contributed by atoms with Gasteiger partial charge < -0.3 is 5.11 Å². The summed E-state index contributed by atoms with van der Waals surface area (Å²) < 4.78 is 0. The fraction of sp³-hybridized carbons (Fsp3) is 0. The summed E-state index contributed by atoms with van der Waals surface area (Å²) >= 11 is 7.22. The molecule has 5 heteroatoms. The van der Waals surface area contributed by atoms with E-state index in [2.05, 4.69) is 4.98 Å². The van der Waals surface area contributed by atoms with Crippen LogP contribution in [0.4, 0.5) is 0 Å². The zero-order chi connectivity index (χ0) is 10.8. The van der Waals surface area contributed by atoms with Crippen molar-refractivity contribution in [3.8, 4) is 11.3 Å². The molecule has 76 valence electrons. The van der Waals surface area contributed by atoms with E-state index >= 15 is 0 Å². The van der Waals surface area contributed by atoms with Crippen LogP contribution in [0.1, 0.15) is 10.4 Å². The van der Waals surface area contributed by atoms with E-state index in [1.807, 2.05) is 5.38 Å². The number of hydrogen-bond acceptors (Lipinski definition) is 3. The van der Waals surface area contributed by atoms with Crippen LogP contribution in [-0.2, 0) is 0 Å². The van der Waals surface area contributed by atoms with Crippen molar-refractivity contribution in [2.24, 2.45) is 0 Å². The Labute approximate surface area is 95.0 Å². The van der Waals surface area contributed by atoms with Crippen molar-refractivity contribution < 1.29 is 9.90 Å². The molecule has 3 nitrogen and oxygen atoms in total. The molecule has 0 fully saturated rings. The van der Waals surface area contributed by atoms with Crippen molar-refractivity contribution in [2.75, 3.05) is 0 Å². The van der Waals surface area contributed by atoms with E-state index in [0.717, 1.165) is 11.3 Å². The third kappa shape index (κ3) is 2.00. The number of carbonyl (C=O) groups is 1. The topological polar surface area (TPSA) is 50.2 Å². The van der Waals surface area contributed by atoms with E-state index in [1.165, 1.54) is 17.4 Å². The van der Waals surface area contributed by atoms with Crippen molar-refractivity contribution >= 4 is 28.9 Å². The predicted octanol–water partition coefficient (Wildman–Crippen LogP) is 3.16. The SMILES string of the molecule is O=C(O)c1cc(-c2cscn2)ccc1Cl. The van der Waals surface area contributed by atoms with E-state index in [9.17, 15) is 4.79 Å². The maximum Gasteiger partial charge on any atom is 0.337 e. The molecule has 0 aliphatic rings. The van der Waals surface area contributed by atoms with Gasteiger partial charge in [-0.25, -0.2) is 9.78 Å². The molecule has 1 aromatic heterocycles. The Balaban J connectivity index is 2.52. The Morgan fingerprint density at radius 1 is 1.47 bits per heavy atom. The smallest absolute Gasteiger partial charge is 0.337 e. The molecule has 0 spiro atoms. The molecular formula is C10H6ClNO2S. The fourth-order valence-electron chi connectivity index (χ4n) is 1.20. The van der Waals surface area contributed by atoms with E-state index in [0.29, 0.717) is 0 Å². The van der Waals surface area contributed by atoms with Crippen molar-refractivity contribution in [3.05, 3.63) is 39.7 Å². The first-order chi connectivity index (χ1) is 7.18. The maximum absolute atomic E-state index is 10.8. The lowest BCUT2D eigenvalue weighted by Gasteiger charge is -2.01. The molecule has 0 aliphatic heterocycles. The molecule has 2 rings (SSSR count). The molecule has 0 atom stereocenters. The average Bonchev–Trinajstić information content (AvgIpc) is 2.71. The van der Waals surface area contributed by atoms with Gasteiger partial charge >= 0.3 is 5.97 Å². The number of carboxylic acid groups (broad SMARTS) is 1. The summed E-state index contributed by atoms with van der Waals surface area (Å²) in [5.41, 5.74) is 3.32. The van der Waals surface area contributed by atoms with Gasteiger partial charge in [-0.2, -0.15) is 0 Å². The second-order valence-corrected chi connectivity index (χ2v) is 4.00. The van der Waals surface area contributed by atoms with Gasteiger partial charge in [0, 0.05) is 10.9 Å². The van der Waals surface area contributed by atoms with E-state index in [1.54, 1.807) is 17.6 Å². The lowest BCUT2D eigenvalue weighted by molar-refractivity contribution is 0.0697. The highest BCUT2D eigenvalue weighted by molar-refractivity contribution is 7.07. The number of benzene rings is 1. The number of rotatable bonds is 2. The summed E-state index contributed by atoms with van der Waals surface area (Å²) in [7, 11) is 0. The van der Waals surface area contributed by atoms with E-state index in [-0.39, 0.29) is 10.6 Å². The van der Waals surface area contributed by atoms with Crippen LogP contribution in [0.25, 0.3) is 11.3 Å². The van der Waals surface area contributed by atoms with Crippen molar-refractivity contribution in [1.29, 1.82) is 0 Å². The van der Waals surface area contributed by atoms with Crippen LogP contribution in [-0.4, -0.2) is 16.1 Å². The molecule has 2 aromatic rings. The first kappa shape index (κ1) is 10.1. The first-order valence-corrected chi connectivity index (χ1v) is 5.42. The highest BCUT2D eigenvalue weighted by Gasteiger charge is 2.10. The number of carboxylic acids is 1. The van der Waals surface area contributed by atoms with E-state index in [4.69, 9.17) is 16.7 Å². The van der Waals surface area contributed by atoms with Crippen LogP contribution in [0.2, 0.25) is 5.02 Å². The first-order valence-electron chi connectivity index (χ1n) is 4.10. The predicted molar refractivity (Wildman–Crippen MR) is 59.5 cm³/mol. The second kappa shape index (κ2) is 4.00. The van der Waals surface area contributed by atoms with Crippen LogP contribution in [0, 0.1) is 0 Å². The molecule has 0 amide bonds. The van der Waals surface area contributed by atoms with Crippen LogP contribution >= 0.6 is 22.9 Å². The third-order valence-electron chi connectivity index (χ3n) is 1.92. The Hall–Kier alpha value is -1.39. The van der Waals surface area contributed by atoms with Gasteiger partial charge in [-0.3, -0.25) is 0 Å². The highest BCUT2D eigenvalue weighted by atomic mass is 35.5. The molecule has 1 aromatic carbocycles. The molecule has 0 unspecified atom stereocenters. The monoisotopic (exact) mass is 239 g/mol. The minimum Gasteiger partial charge on any atom is -0.478 e. The van der Waals surface area contributed by atoms with Crippen LogP contribution in [0.15, 0.2) is 29.1 Å². The van der Waals surface area contributed by atoms with Gasteiger partial charge in [-0.05, 0) is 12.1 Å². The van der Waals surface area contributed by atoms with Crippen molar-refractivity contribution in [1.82, 2.24) is 4.98 Å². The molecular weight excluding hydrogens is 234 g/mol. The molecule has 0 bridgehead atoms. The normalized spacial score (nSPS) is 10.2. The second-order valence-electron chi connectivity index (χ2n) is 2.87. The summed E-state index contributed by atoms with van der Waals surface area (Å²) in [6.45, 7) is 0. The zero-order valence-corrected chi connectivity index (χ0v) is 9.05. The van der Waals surface area contributed by atoms with Gasteiger partial charge in [0.1, 0.15) is 0 Å². The summed E-state index contributed by atoms with van der Waals surface area (Å²) in [6.07, 6.45) is 0. The number of halogens is 1. The molecule has 0 saturated carbocycles. The highest BCUT2D eigenvalue weighted by Crippen LogP contribution is 2.24. The van der Waals surface area contributed by atoms with Gasteiger partial charge in [0.05, 0.1) is 21.8 Å². The lowest BCUT2D eigenvalue weighted by atomic mass is 10.1. The Morgan fingerprint density at radius 2 is 2.27 bits per heavy atom. The average molecular weight is 240 g/mol. The summed E-state index contributed by atoms with van der Waals surface area (Å²) in [4.78, 5) is 14.9.